The second-order valence-electron chi connectivity index (χ2n) is 16.6. The lowest BCUT2D eigenvalue weighted by Crippen LogP contribution is -2.01. The first-order chi connectivity index (χ1) is 32.5. The molecule has 0 fully saturated rings. The number of nitrogens with zero attached hydrogens (tertiary/aromatic N) is 8. The van der Waals surface area contributed by atoms with Crippen molar-refractivity contribution in [3.63, 3.8) is 0 Å². The van der Waals surface area contributed by atoms with Crippen LogP contribution in [0.1, 0.15) is 82.1 Å². The lowest BCUT2D eigenvalue weighted by atomic mass is 9.92. The Hall–Kier alpha value is -8.12. The normalized spacial score (nSPS) is 12.0. The van der Waals surface area contributed by atoms with Gasteiger partial charge in [0.15, 0.2) is 11.6 Å². The van der Waals surface area contributed by atoms with Crippen molar-refractivity contribution in [2.24, 2.45) is 0 Å². The summed E-state index contributed by atoms with van der Waals surface area (Å²) in [6.07, 6.45) is 3.25. The van der Waals surface area contributed by atoms with E-state index in [9.17, 15) is 0 Å². The van der Waals surface area contributed by atoms with E-state index in [1.165, 1.54) is 33.4 Å². The van der Waals surface area contributed by atoms with Crippen LogP contribution in [0, 0.1) is 0 Å². The van der Waals surface area contributed by atoms with Crippen LogP contribution in [0.25, 0.3) is 21.8 Å². The average molecular weight is 871 g/mol. The van der Waals surface area contributed by atoms with Gasteiger partial charge in [0.25, 0.3) is 0 Å². The Labute approximate surface area is 383 Å². The molecule has 6 aromatic carbocycles. The van der Waals surface area contributed by atoms with E-state index in [1.807, 2.05) is 66.7 Å². The molecule has 2 N–H and O–H groups in total. The molecular formula is C54H50N10O2. The van der Waals surface area contributed by atoms with E-state index in [0.717, 1.165) is 57.5 Å². The summed E-state index contributed by atoms with van der Waals surface area (Å²) in [7, 11) is 0. The zero-order valence-corrected chi connectivity index (χ0v) is 37.0. The zero-order valence-electron chi connectivity index (χ0n) is 37.0. The maximum absolute atomic E-state index is 6.05. The third-order valence-corrected chi connectivity index (χ3v) is 11.6. The van der Waals surface area contributed by atoms with Crippen LogP contribution in [0.15, 0.2) is 170 Å². The average Bonchev–Trinajstić information content (AvgIpc) is 4.08. The number of tetrazole rings is 2. The molecule has 0 aliphatic heterocycles. The molecule has 0 aliphatic rings. The Morgan fingerprint density at radius 3 is 1.52 bits per heavy atom. The van der Waals surface area contributed by atoms with Crippen LogP contribution in [0.4, 0.5) is 0 Å². The van der Waals surface area contributed by atoms with Crippen LogP contribution in [-0.4, -0.2) is 51.2 Å². The van der Waals surface area contributed by atoms with Crippen molar-refractivity contribution in [2.75, 3.05) is 0 Å². The van der Waals surface area contributed by atoms with Crippen molar-refractivity contribution in [1.29, 1.82) is 0 Å². The molecule has 10 rings (SSSR count). The van der Waals surface area contributed by atoms with Crippen LogP contribution in [-0.2, 0) is 38.9 Å². The van der Waals surface area contributed by atoms with E-state index >= 15 is 0 Å². The summed E-state index contributed by atoms with van der Waals surface area (Å²) in [6, 6.07) is 58.4. The van der Waals surface area contributed by atoms with Gasteiger partial charge in [-0.1, -0.05) is 146 Å². The van der Waals surface area contributed by atoms with Crippen LogP contribution >= 0.6 is 0 Å². The number of aromatic amines is 2. The summed E-state index contributed by atoms with van der Waals surface area (Å²) >= 11 is 0. The lowest BCUT2D eigenvalue weighted by Gasteiger charge is -2.14. The minimum absolute atomic E-state index is 0.390. The summed E-state index contributed by atoms with van der Waals surface area (Å²) in [6.45, 7) is 5.40. The van der Waals surface area contributed by atoms with E-state index in [4.69, 9.17) is 14.5 Å². The first-order valence-corrected chi connectivity index (χ1v) is 22.2. The Balaban J connectivity index is 0.000000166. The number of fused-ring (bicyclic) bond motifs is 2. The van der Waals surface area contributed by atoms with Gasteiger partial charge in [0, 0.05) is 23.6 Å². The molecule has 0 amide bonds. The van der Waals surface area contributed by atoms with Crippen LogP contribution in [0.5, 0.6) is 11.5 Å². The molecule has 0 radical (unpaired) electrons. The van der Waals surface area contributed by atoms with Crippen LogP contribution in [0.3, 0.4) is 0 Å². The molecule has 4 heterocycles. The predicted octanol–water partition coefficient (Wildman–Crippen LogP) is 10.5. The number of ether oxygens (including phenoxy) is 2. The largest absolute Gasteiger partial charge is 0.487 e. The Bertz CT molecular complexity index is 3090. The molecule has 4 aromatic heterocycles. The lowest BCUT2D eigenvalue weighted by molar-refractivity contribution is 0.301. The number of nitrogens with one attached hydrogen (secondary N) is 2. The first kappa shape index (κ1) is 43.1. The molecule has 12 nitrogen and oxygen atoms in total. The van der Waals surface area contributed by atoms with Gasteiger partial charge in [0.2, 0.25) is 0 Å². The number of rotatable bonds is 16. The van der Waals surface area contributed by atoms with Gasteiger partial charge in [-0.2, -0.15) is 10.4 Å². The molecule has 66 heavy (non-hydrogen) atoms. The predicted molar refractivity (Wildman–Crippen MR) is 256 cm³/mol. The summed E-state index contributed by atoms with van der Waals surface area (Å²) in [4.78, 5) is 9.37. The van der Waals surface area contributed by atoms with E-state index in [2.05, 4.69) is 163 Å². The maximum atomic E-state index is 6.05. The summed E-state index contributed by atoms with van der Waals surface area (Å²) < 4.78 is 12.0. The Morgan fingerprint density at radius 1 is 0.439 bits per heavy atom. The quantitative estimate of drug-likeness (QED) is 0.0959. The van der Waals surface area contributed by atoms with Gasteiger partial charge in [-0.25, -0.2) is 9.97 Å². The summed E-state index contributed by atoms with van der Waals surface area (Å²) in [5.74, 6) is 3.90. The summed E-state index contributed by atoms with van der Waals surface area (Å²) in [5.41, 5.74) is 11.3. The van der Waals surface area contributed by atoms with Crippen molar-refractivity contribution >= 4 is 21.8 Å². The second kappa shape index (κ2) is 21.0. The summed E-state index contributed by atoms with van der Waals surface area (Å²) in [5, 5.41) is 30.6. The molecule has 328 valence electrons. The number of hydrogen-bond donors (Lipinski definition) is 2. The molecular weight excluding hydrogens is 821 g/mol. The van der Waals surface area contributed by atoms with E-state index in [-0.39, 0.29) is 0 Å². The van der Waals surface area contributed by atoms with E-state index < -0.39 is 0 Å². The molecule has 0 spiro atoms. The fraction of sp³-hybridized carbons (Fsp3) is 0.185. The van der Waals surface area contributed by atoms with E-state index in [1.54, 1.807) is 0 Å². The fourth-order valence-electron chi connectivity index (χ4n) is 8.00. The highest BCUT2D eigenvalue weighted by molar-refractivity contribution is 5.79. The smallest absolute Gasteiger partial charge is 0.178 e. The van der Waals surface area contributed by atoms with Gasteiger partial charge in [-0.3, -0.25) is 0 Å². The van der Waals surface area contributed by atoms with Crippen molar-refractivity contribution in [3.8, 4) is 11.5 Å². The highest BCUT2D eigenvalue weighted by Crippen LogP contribution is 2.26. The minimum Gasteiger partial charge on any atom is -0.487 e. The highest BCUT2D eigenvalue weighted by atomic mass is 16.5. The van der Waals surface area contributed by atoms with Gasteiger partial charge >= 0.3 is 0 Å². The second-order valence-corrected chi connectivity index (χ2v) is 16.6. The van der Waals surface area contributed by atoms with Crippen molar-refractivity contribution in [1.82, 2.24) is 51.2 Å². The van der Waals surface area contributed by atoms with Gasteiger partial charge < -0.3 is 9.47 Å². The zero-order chi connectivity index (χ0) is 44.9. The number of H-pyrrole nitrogens is 2. The molecule has 2 atom stereocenters. The number of pyridine rings is 2. The third-order valence-electron chi connectivity index (χ3n) is 11.6. The first-order valence-electron chi connectivity index (χ1n) is 22.2. The van der Waals surface area contributed by atoms with Gasteiger partial charge in [-0.05, 0) is 107 Å². The number of benzene rings is 6. The van der Waals surface area contributed by atoms with Crippen molar-refractivity contribution in [3.05, 3.63) is 226 Å². The molecule has 12 heteroatoms. The SMILES string of the molecule is CC(Cc1cccc(Cc2nn[nH]n2)c1)c1ccc(OCc2ccc3ccccc3n2)cc1.CC(Cc1cccc(OCc2ccc3ccccc3n2)c1)c1ccc(Cc2nn[nH]n2)cc1. The molecule has 10 aromatic rings. The topological polar surface area (TPSA) is 153 Å². The fourth-order valence-corrected chi connectivity index (χ4v) is 8.00. The minimum atomic E-state index is 0.390. The number of hydrogen-bond acceptors (Lipinski definition) is 10. The van der Waals surface area contributed by atoms with E-state index in [0.29, 0.717) is 49.5 Å². The number of aromatic nitrogens is 10. The molecule has 2 unspecified atom stereocenters. The monoisotopic (exact) mass is 870 g/mol. The number of para-hydroxylation sites is 2. The Morgan fingerprint density at radius 2 is 0.939 bits per heavy atom. The third kappa shape index (κ3) is 11.7. The van der Waals surface area contributed by atoms with Gasteiger partial charge in [0.05, 0.1) is 22.4 Å². The van der Waals surface area contributed by atoms with Crippen LogP contribution < -0.4 is 9.47 Å². The molecule has 0 saturated carbocycles. The van der Waals surface area contributed by atoms with Crippen molar-refractivity contribution in [2.45, 2.75) is 64.6 Å². The van der Waals surface area contributed by atoms with Crippen LogP contribution in [0.2, 0.25) is 0 Å². The molecule has 0 saturated heterocycles. The highest BCUT2D eigenvalue weighted by Gasteiger charge is 2.11. The molecule has 0 bridgehead atoms. The van der Waals surface area contributed by atoms with Crippen molar-refractivity contribution < 1.29 is 9.47 Å². The standard InChI is InChI=1S/2C27H25N5O/c1-19(15-20-5-4-6-21(16-20)17-27-29-31-32-30-27)22-10-13-25(14-11-22)33-18-24-12-9-23-7-2-3-8-26(23)28-24;1-19(22-11-9-20(10-12-22)17-27-29-31-32-30-27)15-21-5-4-7-25(16-21)33-18-24-14-13-23-6-2-3-8-26(23)28-24/h2*2-14,16,19H,15,17-18H2,1H3,(H,29,30,31,32). The molecule has 0 aliphatic carbocycles. The van der Waals surface area contributed by atoms with Gasteiger partial charge in [0.1, 0.15) is 24.7 Å². The maximum Gasteiger partial charge on any atom is 0.178 e. The Kier molecular flexibility index (Phi) is 13.8. The van der Waals surface area contributed by atoms with Gasteiger partial charge in [-0.15, -0.1) is 20.4 Å².